The zero-order chi connectivity index (χ0) is 13.3. The standard InChI is InChI=1S/C12H9BrFN3O/c1-7-9(6-15)12(17(2)16-7)18-11-4-3-8(14)5-10(11)13/h3-5H,1-2H3. The van der Waals surface area contributed by atoms with Gasteiger partial charge in [-0.1, -0.05) is 0 Å². The van der Waals surface area contributed by atoms with Gasteiger partial charge in [0, 0.05) is 7.05 Å². The molecule has 0 spiro atoms. The number of aromatic nitrogens is 2. The molecule has 1 aromatic carbocycles. The highest BCUT2D eigenvalue weighted by Gasteiger charge is 2.16. The maximum Gasteiger partial charge on any atom is 0.235 e. The van der Waals surface area contributed by atoms with Gasteiger partial charge >= 0.3 is 0 Å². The van der Waals surface area contributed by atoms with Crippen molar-refractivity contribution in [3.63, 3.8) is 0 Å². The van der Waals surface area contributed by atoms with E-state index in [0.29, 0.717) is 27.4 Å². The van der Waals surface area contributed by atoms with Gasteiger partial charge in [0.25, 0.3) is 0 Å². The quantitative estimate of drug-likeness (QED) is 0.855. The molecule has 18 heavy (non-hydrogen) atoms. The first-order chi connectivity index (χ1) is 8.52. The molecule has 92 valence electrons. The SMILES string of the molecule is Cc1nn(C)c(Oc2ccc(F)cc2Br)c1C#N. The van der Waals surface area contributed by atoms with Gasteiger partial charge in [-0.15, -0.1) is 0 Å². The maximum atomic E-state index is 13.0. The van der Waals surface area contributed by atoms with Crippen molar-refractivity contribution in [3.8, 4) is 17.7 Å². The Morgan fingerprint density at radius 3 is 2.83 bits per heavy atom. The fraction of sp³-hybridized carbons (Fsp3) is 0.167. The number of ether oxygens (including phenoxy) is 1. The second-order valence-corrected chi connectivity index (χ2v) is 4.53. The molecule has 0 radical (unpaired) electrons. The summed E-state index contributed by atoms with van der Waals surface area (Å²) in [6.45, 7) is 1.73. The van der Waals surface area contributed by atoms with Crippen LogP contribution in [-0.2, 0) is 7.05 Å². The van der Waals surface area contributed by atoms with Crippen molar-refractivity contribution in [1.29, 1.82) is 5.26 Å². The summed E-state index contributed by atoms with van der Waals surface area (Å²) in [7, 11) is 1.68. The Balaban J connectivity index is 2.43. The van der Waals surface area contributed by atoms with Crippen LogP contribution in [0.25, 0.3) is 0 Å². The molecular formula is C12H9BrFN3O. The van der Waals surface area contributed by atoms with E-state index >= 15 is 0 Å². The van der Waals surface area contributed by atoms with Crippen LogP contribution in [-0.4, -0.2) is 9.78 Å². The zero-order valence-corrected chi connectivity index (χ0v) is 11.3. The van der Waals surface area contributed by atoms with Crippen molar-refractivity contribution >= 4 is 15.9 Å². The molecule has 4 nitrogen and oxygen atoms in total. The van der Waals surface area contributed by atoms with Gasteiger partial charge in [0.2, 0.25) is 5.88 Å². The van der Waals surface area contributed by atoms with Crippen molar-refractivity contribution in [1.82, 2.24) is 9.78 Å². The minimum absolute atomic E-state index is 0.335. The summed E-state index contributed by atoms with van der Waals surface area (Å²) < 4.78 is 20.5. The van der Waals surface area contributed by atoms with Crippen LogP contribution in [0.15, 0.2) is 22.7 Å². The molecule has 0 bridgehead atoms. The molecule has 0 amide bonds. The Labute approximate surface area is 112 Å². The summed E-state index contributed by atoms with van der Waals surface area (Å²) in [6, 6.07) is 6.11. The molecule has 1 heterocycles. The average molecular weight is 310 g/mol. The lowest BCUT2D eigenvalue weighted by atomic mass is 10.3. The smallest absolute Gasteiger partial charge is 0.235 e. The average Bonchev–Trinajstić information content (AvgIpc) is 2.57. The van der Waals surface area contributed by atoms with E-state index in [-0.39, 0.29) is 5.82 Å². The molecule has 0 unspecified atom stereocenters. The van der Waals surface area contributed by atoms with Gasteiger partial charge in [0.05, 0.1) is 10.2 Å². The number of rotatable bonds is 2. The number of hydrogen-bond donors (Lipinski definition) is 0. The van der Waals surface area contributed by atoms with Gasteiger partial charge in [-0.3, -0.25) is 0 Å². The van der Waals surface area contributed by atoms with Crippen molar-refractivity contribution < 1.29 is 9.13 Å². The van der Waals surface area contributed by atoms with E-state index < -0.39 is 0 Å². The Bertz CT molecular complexity index is 646. The molecule has 2 rings (SSSR count). The summed E-state index contributed by atoms with van der Waals surface area (Å²) >= 11 is 3.20. The van der Waals surface area contributed by atoms with Gasteiger partial charge in [-0.25, -0.2) is 9.07 Å². The van der Waals surface area contributed by atoms with Crippen molar-refractivity contribution in [2.75, 3.05) is 0 Å². The highest BCUT2D eigenvalue weighted by atomic mass is 79.9. The Hall–Kier alpha value is -1.87. The first kappa shape index (κ1) is 12.6. The van der Waals surface area contributed by atoms with Crippen LogP contribution in [0, 0.1) is 24.1 Å². The zero-order valence-electron chi connectivity index (χ0n) is 9.74. The van der Waals surface area contributed by atoms with Crippen LogP contribution >= 0.6 is 15.9 Å². The van der Waals surface area contributed by atoms with Gasteiger partial charge < -0.3 is 4.74 Å². The first-order valence-corrected chi connectivity index (χ1v) is 5.89. The molecule has 6 heteroatoms. The van der Waals surface area contributed by atoms with E-state index in [0.717, 1.165) is 0 Å². The second-order valence-electron chi connectivity index (χ2n) is 3.68. The highest BCUT2D eigenvalue weighted by molar-refractivity contribution is 9.10. The van der Waals surface area contributed by atoms with Crippen LogP contribution in [0.5, 0.6) is 11.6 Å². The summed E-state index contributed by atoms with van der Waals surface area (Å²) in [4.78, 5) is 0. The topological polar surface area (TPSA) is 50.8 Å². The molecule has 0 aliphatic carbocycles. The molecule has 0 atom stereocenters. The molecule has 0 aliphatic heterocycles. The lowest BCUT2D eigenvalue weighted by molar-refractivity contribution is 0.426. The van der Waals surface area contributed by atoms with E-state index in [2.05, 4.69) is 21.0 Å². The van der Waals surface area contributed by atoms with E-state index in [1.807, 2.05) is 6.07 Å². The Morgan fingerprint density at radius 1 is 1.50 bits per heavy atom. The number of halogens is 2. The summed E-state index contributed by atoms with van der Waals surface area (Å²) in [5.74, 6) is 0.397. The lowest BCUT2D eigenvalue weighted by Gasteiger charge is -2.07. The second kappa shape index (κ2) is 4.78. The normalized spacial score (nSPS) is 10.2. The first-order valence-electron chi connectivity index (χ1n) is 5.09. The summed E-state index contributed by atoms with van der Waals surface area (Å²) in [6.07, 6.45) is 0. The monoisotopic (exact) mass is 309 g/mol. The Morgan fingerprint density at radius 2 is 2.22 bits per heavy atom. The van der Waals surface area contributed by atoms with Gasteiger partial charge in [0.1, 0.15) is 23.2 Å². The van der Waals surface area contributed by atoms with E-state index in [1.54, 1.807) is 14.0 Å². The predicted octanol–water partition coefficient (Wildman–Crippen LogP) is 3.29. The van der Waals surface area contributed by atoms with Crippen LogP contribution in [0.1, 0.15) is 11.3 Å². The predicted molar refractivity (Wildman–Crippen MR) is 66.8 cm³/mol. The minimum Gasteiger partial charge on any atom is -0.437 e. The third-order valence-corrected chi connectivity index (χ3v) is 3.00. The molecule has 0 saturated carbocycles. The van der Waals surface area contributed by atoms with E-state index in [9.17, 15) is 4.39 Å². The minimum atomic E-state index is -0.365. The van der Waals surface area contributed by atoms with Crippen molar-refractivity contribution in [2.45, 2.75) is 6.92 Å². The van der Waals surface area contributed by atoms with E-state index in [1.165, 1.54) is 22.9 Å². The van der Waals surface area contributed by atoms with Crippen LogP contribution in [0.4, 0.5) is 4.39 Å². The third-order valence-electron chi connectivity index (χ3n) is 2.38. The maximum absolute atomic E-state index is 13.0. The molecular weight excluding hydrogens is 301 g/mol. The highest BCUT2D eigenvalue weighted by Crippen LogP contribution is 2.32. The Kier molecular flexibility index (Phi) is 3.34. The summed E-state index contributed by atoms with van der Waals surface area (Å²) in [5, 5.41) is 13.2. The molecule has 0 saturated heterocycles. The number of aryl methyl sites for hydroxylation is 2. The summed E-state index contributed by atoms with van der Waals surface area (Å²) in [5.41, 5.74) is 0.960. The number of nitriles is 1. The van der Waals surface area contributed by atoms with Gasteiger partial charge in [-0.2, -0.15) is 10.4 Å². The lowest BCUT2D eigenvalue weighted by Crippen LogP contribution is -1.96. The number of benzene rings is 1. The molecule has 0 aliphatic rings. The van der Waals surface area contributed by atoms with Crippen molar-refractivity contribution in [3.05, 3.63) is 39.7 Å². The van der Waals surface area contributed by atoms with Crippen molar-refractivity contribution in [2.24, 2.45) is 7.05 Å². The van der Waals surface area contributed by atoms with Crippen LogP contribution < -0.4 is 4.74 Å². The fourth-order valence-corrected chi connectivity index (χ4v) is 1.98. The fourth-order valence-electron chi connectivity index (χ4n) is 1.54. The van der Waals surface area contributed by atoms with E-state index in [4.69, 9.17) is 10.00 Å². The molecule has 1 aromatic heterocycles. The van der Waals surface area contributed by atoms with Crippen LogP contribution in [0.3, 0.4) is 0 Å². The molecule has 2 aromatic rings. The molecule has 0 fully saturated rings. The van der Waals surface area contributed by atoms with Gasteiger partial charge in [0.15, 0.2) is 0 Å². The number of hydrogen-bond acceptors (Lipinski definition) is 3. The van der Waals surface area contributed by atoms with Crippen LogP contribution in [0.2, 0.25) is 0 Å². The third kappa shape index (κ3) is 2.22. The molecule has 0 N–H and O–H groups in total. The van der Waals surface area contributed by atoms with Gasteiger partial charge in [-0.05, 0) is 41.1 Å². The number of nitrogens with zero attached hydrogens (tertiary/aromatic N) is 3. The largest absolute Gasteiger partial charge is 0.437 e.